The van der Waals surface area contributed by atoms with Gasteiger partial charge in [-0.1, -0.05) is 78.9 Å². The number of benzene rings is 3. The monoisotopic (exact) mass is 352 g/mol. The predicted octanol–water partition coefficient (Wildman–Crippen LogP) is 6.17. The molecule has 1 N–H and O–H groups in total. The first kappa shape index (κ1) is 16.3. The van der Waals surface area contributed by atoms with Crippen molar-refractivity contribution < 1.29 is 0 Å². The molecule has 4 aromatic rings. The van der Waals surface area contributed by atoms with Gasteiger partial charge in [0.1, 0.15) is 0 Å². The van der Waals surface area contributed by atoms with Crippen LogP contribution in [0.15, 0.2) is 84.9 Å². The lowest BCUT2D eigenvalue weighted by Crippen LogP contribution is -2.22. The molecule has 1 unspecified atom stereocenters. The summed E-state index contributed by atoms with van der Waals surface area (Å²) in [7, 11) is 0. The highest BCUT2D eigenvalue weighted by Gasteiger charge is 2.27. The molecule has 0 amide bonds. The molecule has 2 heterocycles. The molecule has 2 heteroatoms. The molecule has 2 nitrogen and oxygen atoms in total. The minimum Gasteiger partial charge on any atom is -0.354 e. The third-order valence-corrected chi connectivity index (χ3v) is 5.79. The van der Waals surface area contributed by atoms with Crippen LogP contribution >= 0.6 is 0 Å². The molecule has 1 atom stereocenters. The van der Waals surface area contributed by atoms with E-state index in [2.05, 4.69) is 94.8 Å². The van der Waals surface area contributed by atoms with Crippen molar-refractivity contribution >= 4 is 10.9 Å². The molecule has 0 saturated carbocycles. The van der Waals surface area contributed by atoms with E-state index in [1.165, 1.54) is 46.1 Å². The number of fused-ring (bicyclic) bond motifs is 1. The number of likely N-dealkylation sites (tertiary alicyclic amines) is 1. The summed E-state index contributed by atoms with van der Waals surface area (Å²) in [6.07, 6.45) is 2.51. The first-order chi connectivity index (χ1) is 13.4. The smallest absolute Gasteiger partial charge is 0.0510 e. The zero-order chi connectivity index (χ0) is 18.1. The first-order valence-electron chi connectivity index (χ1n) is 9.84. The topological polar surface area (TPSA) is 19.0 Å². The van der Waals surface area contributed by atoms with Crippen LogP contribution in [0.3, 0.4) is 0 Å². The lowest BCUT2D eigenvalue weighted by Gasteiger charge is -2.25. The minimum absolute atomic E-state index is 0.517. The molecule has 1 saturated heterocycles. The van der Waals surface area contributed by atoms with Gasteiger partial charge in [0.15, 0.2) is 0 Å². The fourth-order valence-electron chi connectivity index (χ4n) is 4.49. The molecule has 1 aromatic heterocycles. The summed E-state index contributed by atoms with van der Waals surface area (Å²) in [5.74, 6) is 0. The molecule has 27 heavy (non-hydrogen) atoms. The molecule has 3 aromatic carbocycles. The van der Waals surface area contributed by atoms with E-state index in [0.29, 0.717) is 6.04 Å². The number of hydrogen-bond acceptors (Lipinski definition) is 1. The van der Waals surface area contributed by atoms with E-state index >= 15 is 0 Å². The number of rotatable bonds is 4. The molecule has 1 aliphatic rings. The van der Waals surface area contributed by atoms with Crippen LogP contribution < -0.4 is 0 Å². The van der Waals surface area contributed by atoms with Crippen molar-refractivity contribution in [2.45, 2.75) is 25.4 Å². The average Bonchev–Trinajstić information content (AvgIpc) is 3.35. The summed E-state index contributed by atoms with van der Waals surface area (Å²) in [4.78, 5) is 6.33. The van der Waals surface area contributed by atoms with Crippen molar-refractivity contribution in [1.82, 2.24) is 9.88 Å². The van der Waals surface area contributed by atoms with Crippen molar-refractivity contribution in [2.24, 2.45) is 0 Å². The van der Waals surface area contributed by atoms with Crippen LogP contribution in [0.25, 0.3) is 22.2 Å². The molecule has 0 bridgehead atoms. The van der Waals surface area contributed by atoms with Gasteiger partial charge in [-0.3, -0.25) is 4.90 Å². The SMILES string of the molecule is c1ccc(-c2[nH]c3ccccc3c2CN2CCCC2c2ccccc2)cc1. The van der Waals surface area contributed by atoms with Gasteiger partial charge in [-0.2, -0.15) is 0 Å². The number of hydrogen-bond donors (Lipinski definition) is 1. The summed E-state index contributed by atoms with van der Waals surface area (Å²) in [5, 5.41) is 1.34. The van der Waals surface area contributed by atoms with Crippen molar-refractivity contribution in [3.63, 3.8) is 0 Å². The number of nitrogens with one attached hydrogen (secondary N) is 1. The normalized spacial score (nSPS) is 17.6. The van der Waals surface area contributed by atoms with Crippen LogP contribution in [0.4, 0.5) is 0 Å². The fourth-order valence-corrected chi connectivity index (χ4v) is 4.49. The van der Waals surface area contributed by atoms with Crippen LogP contribution in [0.5, 0.6) is 0 Å². The van der Waals surface area contributed by atoms with Gasteiger partial charge in [0.25, 0.3) is 0 Å². The lowest BCUT2D eigenvalue weighted by atomic mass is 10.0. The maximum atomic E-state index is 3.68. The minimum atomic E-state index is 0.517. The molecule has 0 radical (unpaired) electrons. The molecule has 5 rings (SSSR count). The Bertz CT molecular complexity index is 1030. The zero-order valence-electron chi connectivity index (χ0n) is 15.4. The zero-order valence-corrected chi connectivity index (χ0v) is 15.4. The first-order valence-corrected chi connectivity index (χ1v) is 9.84. The Labute approximate surface area is 160 Å². The Morgan fingerprint density at radius 3 is 2.33 bits per heavy atom. The maximum Gasteiger partial charge on any atom is 0.0510 e. The maximum absolute atomic E-state index is 3.68. The highest BCUT2D eigenvalue weighted by molar-refractivity contribution is 5.90. The predicted molar refractivity (Wildman–Crippen MR) is 113 cm³/mol. The summed E-state index contributed by atoms with van der Waals surface area (Å²) in [5.41, 5.74) is 6.60. The molecule has 134 valence electrons. The van der Waals surface area contributed by atoms with Gasteiger partial charge >= 0.3 is 0 Å². The highest BCUT2D eigenvalue weighted by Crippen LogP contribution is 2.37. The lowest BCUT2D eigenvalue weighted by molar-refractivity contribution is 0.250. The van der Waals surface area contributed by atoms with Gasteiger partial charge in [0.05, 0.1) is 5.69 Å². The molecule has 1 aliphatic heterocycles. The van der Waals surface area contributed by atoms with E-state index in [1.807, 2.05) is 0 Å². The summed E-state index contributed by atoms with van der Waals surface area (Å²) < 4.78 is 0. The largest absolute Gasteiger partial charge is 0.354 e. The quantitative estimate of drug-likeness (QED) is 0.465. The highest BCUT2D eigenvalue weighted by atomic mass is 15.2. The van der Waals surface area contributed by atoms with E-state index in [0.717, 1.165) is 13.1 Å². The van der Waals surface area contributed by atoms with Crippen LogP contribution in [0.2, 0.25) is 0 Å². The van der Waals surface area contributed by atoms with Crippen molar-refractivity contribution in [3.05, 3.63) is 96.1 Å². The Kier molecular flexibility index (Phi) is 4.27. The van der Waals surface area contributed by atoms with Crippen LogP contribution in [0.1, 0.15) is 30.0 Å². The fraction of sp³-hybridized carbons (Fsp3) is 0.200. The van der Waals surface area contributed by atoms with E-state index in [1.54, 1.807) is 0 Å². The van der Waals surface area contributed by atoms with Crippen molar-refractivity contribution in [2.75, 3.05) is 6.54 Å². The van der Waals surface area contributed by atoms with Crippen LogP contribution in [0, 0.1) is 0 Å². The Hall–Kier alpha value is -2.84. The third kappa shape index (κ3) is 3.07. The van der Waals surface area contributed by atoms with Crippen molar-refractivity contribution in [1.29, 1.82) is 0 Å². The van der Waals surface area contributed by atoms with E-state index in [4.69, 9.17) is 0 Å². The second-order valence-electron chi connectivity index (χ2n) is 7.43. The van der Waals surface area contributed by atoms with Gasteiger partial charge in [-0.15, -0.1) is 0 Å². The Balaban J connectivity index is 1.56. The molecule has 0 spiro atoms. The second kappa shape index (κ2) is 7.05. The van der Waals surface area contributed by atoms with Crippen LogP contribution in [-0.2, 0) is 6.54 Å². The molecule has 1 fully saturated rings. The number of aromatic nitrogens is 1. The Morgan fingerprint density at radius 2 is 1.52 bits per heavy atom. The van der Waals surface area contributed by atoms with Gasteiger partial charge < -0.3 is 4.98 Å². The standard InChI is InChI=1S/C25H24N2/c1-3-10-19(11-4-1)24-16-9-17-27(24)18-22-21-14-7-8-15-23(21)26-25(22)20-12-5-2-6-13-20/h1-8,10-15,24,26H,9,16-18H2. The van der Waals surface area contributed by atoms with E-state index < -0.39 is 0 Å². The van der Waals surface area contributed by atoms with Crippen LogP contribution in [-0.4, -0.2) is 16.4 Å². The van der Waals surface area contributed by atoms with Gasteiger partial charge in [0.2, 0.25) is 0 Å². The number of H-pyrrole nitrogens is 1. The van der Waals surface area contributed by atoms with Gasteiger partial charge in [-0.05, 0) is 42.1 Å². The number of nitrogens with zero attached hydrogens (tertiary/aromatic N) is 1. The van der Waals surface area contributed by atoms with E-state index in [9.17, 15) is 0 Å². The second-order valence-corrected chi connectivity index (χ2v) is 7.43. The Morgan fingerprint density at radius 1 is 0.815 bits per heavy atom. The summed E-state index contributed by atoms with van der Waals surface area (Å²) in [6, 6.07) is 30.9. The van der Waals surface area contributed by atoms with Gasteiger partial charge in [0, 0.05) is 23.5 Å². The summed E-state index contributed by atoms with van der Waals surface area (Å²) in [6.45, 7) is 2.14. The molecular weight excluding hydrogens is 328 g/mol. The molecular formula is C25H24N2. The number of aromatic amines is 1. The van der Waals surface area contributed by atoms with Crippen molar-refractivity contribution in [3.8, 4) is 11.3 Å². The third-order valence-electron chi connectivity index (χ3n) is 5.79. The molecule has 0 aliphatic carbocycles. The summed E-state index contributed by atoms with van der Waals surface area (Å²) >= 11 is 0. The average molecular weight is 352 g/mol. The van der Waals surface area contributed by atoms with E-state index in [-0.39, 0.29) is 0 Å². The van der Waals surface area contributed by atoms with Gasteiger partial charge in [-0.25, -0.2) is 0 Å². The number of para-hydroxylation sites is 1.